The summed E-state index contributed by atoms with van der Waals surface area (Å²) in [4.78, 5) is 19.9. The lowest BCUT2D eigenvalue weighted by atomic mass is 9.95. The number of para-hydroxylation sites is 1. The van der Waals surface area contributed by atoms with E-state index < -0.39 is 16.1 Å². The number of carboxylic acid groups (broad SMARTS) is 1. The second-order valence-electron chi connectivity index (χ2n) is 8.09. The van der Waals surface area contributed by atoms with E-state index in [1.54, 1.807) is 25.1 Å². The number of sulfonamides is 1. The number of nitrogens with zero attached hydrogens (tertiary/aromatic N) is 4. The molecular formula is C20H29N5O5S. The molecule has 1 atom stereocenters. The van der Waals surface area contributed by atoms with Gasteiger partial charge in [0.2, 0.25) is 10.0 Å². The number of nitrogens with one attached hydrogen (secondary N) is 1. The number of hydrogen-bond donors (Lipinski definition) is 2. The summed E-state index contributed by atoms with van der Waals surface area (Å²) in [7, 11) is -3.23. The molecule has 1 aliphatic rings. The SMILES string of the molecule is Cc1noc(-c2ccccc2N(CC2CCN(CC(C)NS(C)(=O)=O)CC2)C(=O)O)n1. The molecule has 2 aromatic rings. The average molecular weight is 452 g/mol. The summed E-state index contributed by atoms with van der Waals surface area (Å²) in [6.07, 6.45) is 1.79. The van der Waals surface area contributed by atoms with E-state index in [9.17, 15) is 18.3 Å². The van der Waals surface area contributed by atoms with Gasteiger partial charge in [0.15, 0.2) is 5.82 Å². The smallest absolute Gasteiger partial charge is 0.411 e. The van der Waals surface area contributed by atoms with Crippen molar-refractivity contribution >= 4 is 21.8 Å². The first-order valence-corrected chi connectivity index (χ1v) is 12.1. The maximum Gasteiger partial charge on any atom is 0.411 e. The van der Waals surface area contributed by atoms with Crippen LogP contribution in [0.3, 0.4) is 0 Å². The fourth-order valence-corrected chi connectivity index (χ4v) is 4.78. The number of likely N-dealkylation sites (tertiary alicyclic amines) is 1. The maximum atomic E-state index is 12.1. The van der Waals surface area contributed by atoms with Crippen molar-refractivity contribution in [1.82, 2.24) is 19.8 Å². The molecule has 11 heteroatoms. The lowest BCUT2D eigenvalue weighted by Gasteiger charge is -2.35. The van der Waals surface area contributed by atoms with Crippen LogP contribution in [0.1, 0.15) is 25.6 Å². The Morgan fingerprint density at radius 2 is 2.03 bits per heavy atom. The van der Waals surface area contributed by atoms with E-state index in [4.69, 9.17) is 4.52 Å². The van der Waals surface area contributed by atoms with Crippen LogP contribution in [0.2, 0.25) is 0 Å². The van der Waals surface area contributed by atoms with E-state index >= 15 is 0 Å². The van der Waals surface area contributed by atoms with Gasteiger partial charge in [0.25, 0.3) is 5.89 Å². The number of piperidine rings is 1. The minimum absolute atomic E-state index is 0.174. The Balaban J connectivity index is 1.65. The predicted octanol–water partition coefficient (Wildman–Crippen LogP) is 2.18. The van der Waals surface area contributed by atoms with Gasteiger partial charge in [0.1, 0.15) is 0 Å². The molecule has 2 heterocycles. The quantitative estimate of drug-likeness (QED) is 0.625. The predicted molar refractivity (Wildman–Crippen MR) is 116 cm³/mol. The van der Waals surface area contributed by atoms with Gasteiger partial charge < -0.3 is 14.5 Å². The first-order chi connectivity index (χ1) is 14.6. The van der Waals surface area contributed by atoms with Crippen LogP contribution in [0.5, 0.6) is 0 Å². The van der Waals surface area contributed by atoms with Crippen molar-refractivity contribution in [3.8, 4) is 11.5 Å². The maximum absolute atomic E-state index is 12.1. The molecule has 1 unspecified atom stereocenters. The van der Waals surface area contributed by atoms with Crippen LogP contribution in [0, 0.1) is 12.8 Å². The number of aryl methyl sites for hydroxylation is 1. The molecule has 0 spiro atoms. The average Bonchev–Trinajstić information content (AvgIpc) is 3.12. The third-order valence-electron chi connectivity index (χ3n) is 5.28. The van der Waals surface area contributed by atoms with Crippen molar-refractivity contribution in [3.05, 3.63) is 30.1 Å². The summed E-state index contributed by atoms with van der Waals surface area (Å²) in [6, 6.07) is 6.94. The van der Waals surface area contributed by atoms with E-state index in [-0.39, 0.29) is 12.0 Å². The highest BCUT2D eigenvalue weighted by Crippen LogP contribution is 2.31. The second-order valence-corrected chi connectivity index (χ2v) is 9.87. The largest absolute Gasteiger partial charge is 0.465 e. The van der Waals surface area contributed by atoms with Crippen LogP contribution in [-0.4, -0.2) is 73.1 Å². The highest BCUT2D eigenvalue weighted by molar-refractivity contribution is 7.88. The van der Waals surface area contributed by atoms with E-state index in [0.717, 1.165) is 32.2 Å². The number of hydrogen-bond acceptors (Lipinski definition) is 7. The lowest BCUT2D eigenvalue weighted by molar-refractivity contribution is 0.171. The van der Waals surface area contributed by atoms with Gasteiger partial charge in [-0.1, -0.05) is 17.3 Å². The lowest BCUT2D eigenvalue weighted by Crippen LogP contribution is -2.46. The number of benzene rings is 1. The normalized spacial score (nSPS) is 16.9. The molecule has 1 aliphatic heterocycles. The number of amides is 1. The molecule has 170 valence electrons. The number of rotatable bonds is 8. The van der Waals surface area contributed by atoms with Crippen LogP contribution in [-0.2, 0) is 10.0 Å². The standard InChI is InChI=1S/C20H29N5O5S/c1-14(23-31(3,28)29)12-24-10-8-16(9-11-24)13-25(20(26)27)18-7-5-4-6-17(18)19-21-15(2)22-30-19/h4-7,14,16,23H,8-13H2,1-3H3,(H,26,27). The molecular weight excluding hydrogens is 422 g/mol. The van der Waals surface area contributed by atoms with E-state index in [1.807, 2.05) is 13.0 Å². The highest BCUT2D eigenvalue weighted by Gasteiger charge is 2.27. The summed E-state index contributed by atoms with van der Waals surface area (Å²) in [6.45, 7) is 6.13. The summed E-state index contributed by atoms with van der Waals surface area (Å²) in [5.74, 6) is 0.975. The molecule has 1 amide bonds. The molecule has 3 rings (SSSR count). The number of carbonyl (C=O) groups is 1. The highest BCUT2D eigenvalue weighted by atomic mass is 32.2. The minimum atomic E-state index is -3.23. The molecule has 2 N–H and O–H groups in total. The molecule has 0 saturated carbocycles. The molecule has 1 aromatic heterocycles. The molecule has 1 aromatic carbocycles. The van der Waals surface area contributed by atoms with Crippen molar-refractivity contribution in [2.45, 2.75) is 32.7 Å². The second kappa shape index (κ2) is 9.75. The molecule has 31 heavy (non-hydrogen) atoms. The monoisotopic (exact) mass is 451 g/mol. The zero-order valence-electron chi connectivity index (χ0n) is 18.0. The van der Waals surface area contributed by atoms with Gasteiger partial charge in [0.05, 0.1) is 17.5 Å². The van der Waals surface area contributed by atoms with Gasteiger partial charge in [-0.15, -0.1) is 0 Å². The van der Waals surface area contributed by atoms with Gasteiger partial charge in [0, 0.05) is 19.1 Å². The summed E-state index contributed by atoms with van der Waals surface area (Å²) in [5, 5.41) is 13.7. The Morgan fingerprint density at radius 1 is 1.35 bits per heavy atom. The topological polar surface area (TPSA) is 129 Å². The molecule has 0 bridgehead atoms. The Labute approximate surface area is 182 Å². The van der Waals surface area contributed by atoms with Crippen molar-refractivity contribution in [2.24, 2.45) is 5.92 Å². The zero-order chi connectivity index (χ0) is 22.6. The zero-order valence-corrected chi connectivity index (χ0v) is 18.8. The summed E-state index contributed by atoms with van der Waals surface area (Å²) < 4.78 is 30.6. The summed E-state index contributed by atoms with van der Waals surface area (Å²) in [5.41, 5.74) is 1.11. The van der Waals surface area contributed by atoms with Crippen molar-refractivity contribution in [2.75, 3.05) is 37.3 Å². The number of anilines is 1. The van der Waals surface area contributed by atoms with Crippen molar-refractivity contribution in [1.29, 1.82) is 0 Å². The minimum Gasteiger partial charge on any atom is -0.465 e. The van der Waals surface area contributed by atoms with Crippen LogP contribution < -0.4 is 9.62 Å². The van der Waals surface area contributed by atoms with Gasteiger partial charge in [-0.3, -0.25) is 4.90 Å². The van der Waals surface area contributed by atoms with Crippen molar-refractivity contribution in [3.63, 3.8) is 0 Å². The third-order valence-corrected chi connectivity index (χ3v) is 6.11. The third kappa shape index (κ3) is 6.49. The van der Waals surface area contributed by atoms with Crippen LogP contribution in [0.15, 0.2) is 28.8 Å². The Kier molecular flexibility index (Phi) is 7.29. The Hall–Kier alpha value is -2.50. The molecule has 0 aliphatic carbocycles. The van der Waals surface area contributed by atoms with Gasteiger partial charge in [-0.2, -0.15) is 4.98 Å². The van der Waals surface area contributed by atoms with E-state index in [2.05, 4.69) is 19.8 Å². The van der Waals surface area contributed by atoms with Gasteiger partial charge in [-0.05, 0) is 57.8 Å². The van der Waals surface area contributed by atoms with Crippen LogP contribution in [0.4, 0.5) is 10.5 Å². The van der Waals surface area contributed by atoms with Gasteiger partial charge >= 0.3 is 6.09 Å². The number of aromatic nitrogens is 2. The Morgan fingerprint density at radius 3 is 2.61 bits per heavy atom. The van der Waals surface area contributed by atoms with E-state index in [1.165, 1.54) is 4.90 Å². The van der Waals surface area contributed by atoms with E-state index in [0.29, 0.717) is 36.1 Å². The first kappa shape index (κ1) is 23.2. The fourth-order valence-electron chi connectivity index (χ4n) is 3.98. The van der Waals surface area contributed by atoms with Gasteiger partial charge in [-0.25, -0.2) is 17.9 Å². The molecule has 1 fully saturated rings. The van der Waals surface area contributed by atoms with Crippen LogP contribution >= 0.6 is 0 Å². The first-order valence-electron chi connectivity index (χ1n) is 10.2. The fraction of sp³-hybridized carbons (Fsp3) is 0.550. The van der Waals surface area contributed by atoms with Crippen LogP contribution in [0.25, 0.3) is 11.5 Å². The Bertz CT molecular complexity index is 1000. The molecule has 1 saturated heterocycles. The summed E-state index contributed by atoms with van der Waals surface area (Å²) >= 11 is 0. The van der Waals surface area contributed by atoms with Crippen molar-refractivity contribution < 1.29 is 22.8 Å². The molecule has 0 radical (unpaired) electrons. The molecule has 10 nitrogen and oxygen atoms in total.